The van der Waals surface area contributed by atoms with Crippen molar-refractivity contribution in [2.75, 3.05) is 43.9 Å². The van der Waals surface area contributed by atoms with Crippen molar-refractivity contribution < 1.29 is 0 Å². The molecule has 0 spiro atoms. The first-order valence-corrected chi connectivity index (χ1v) is 12.9. The minimum atomic E-state index is 0.907. The molecule has 3 aromatic rings. The summed E-state index contributed by atoms with van der Waals surface area (Å²) in [5, 5.41) is 2.26. The Labute approximate surface area is 187 Å². The molecule has 1 saturated heterocycles. The summed E-state index contributed by atoms with van der Waals surface area (Å²) in [5.74, 6) is 1.18. The van der Waals surface area contributed by atoms with Gasteiger partial charge in [0.15, 0.2) is 5.16 Å². The van der Waals surface area contributed by atoms with Crippen LogP contribution in [0.25, 0.3) is 16.3 Å². The van der Waals surface area contributed by atoms with Gasteiger partial charge in [0.25, 0.3) is 0 Å². The van der Waals surface area contributed by atoms with Crippen molar-refractivity contribution in [3.8, 4) is 0 Å². The van der Waals surface area contributed by atoms with Gasteiger partial charge in [0.2, 0.25) is 0 Å². The highest BCUT2D eigenvalue weighted by molar-refractivity contribution is 7.98. The molecular weight excluding hydrogens is 408 g/mol. The van der Waals surface area contributed by atoms with Gasteiger partial charge < -0.3 is 4.90 Å². The molecule has 0 bridgehead atoms. The van der Waals surface area contributed by atoms with Gasteiger partial charge in [-0.3, -0.25) is 4.90 Å². The molecule has 0 saturated carbocycles. The molecule has 1 aromatic carbocycles. The number of benzene rings is 1. The molecule has 0 amide bonds. The van der Waals surface area contributed by atoms with Crippen LogP contribution < -0.4 is 4.90 Å². The first-order valence-electron chi connectivity index (χ1n) is 10.9. The number of aryl methyl sites for hydroxylation is 2. The van der Waals surface area contributed by atoms with Crippen molar-refractivity contribution in [2.45, 2.75) is 30.8 Å². The summed E-state index contributed by atoms with van der Waals surface area (Å²) >= 11 is 3.56. The van der Waals surface area contributed by atoms with Gasteiger partial charge >= 0.3 is 0 Å². The molecule has 1 aliphatic heterocycles. The maximum absolute atomic E-state index is 5.00. The lowest BCUT2D eigenvalue weighted by molar-refractivity contribution is 0.284. The molecule has 0 atom stereocenters. The number of thioether (sulfide) groups is 1. The Kier molecular flexibility index (Phi) is 6.07. The number of fused-ring (bicyclic) bond motifs is 3. The van der Waals surface area contributed by atoms with Crippen LogP contribution in [-0.4, -0.2) is 53.8 Å². The molecule has 1 aliphatic carbocycles. The third-order valence-corrected chi connectivity index (χ3v) is 7.84. The van der Waals surface area contributed by atoms with Gasteiger partial charge in [0.05, 0.1) is 5.39 Å². The first kappa shape index (κ1) is 20.0. The summed E-state index contributed by atoms with van der Waals surface area (Å²) in [4.78, 5) is 17.7. The summed E-state index contributed by atoms with van der Waals surface area (Å²) in [6, 6.07) is 10.5. The summed E-state index contributed by atoms with van der Waals surface area (Å²) in [7, 11) is 0. The van der Waals surface area contributed by atoms with Crippen molar-refractivity contribution in [1.82, 2.24) is 14.9 Å². The number of rotatable bonds is 5. The molecule has 1 fully saturated rings. The molecule has 5 rings (SSSR count). The average Bonchev–Trinajstić information content (AvgIpc) is 3.18. The van der Waals surface area contributed by atoms with Crippen LogP contribution in [0, 0.1) is 0 Å². The lowest BCUT2D eigenvalue weighted by Crippen LogP contribution is -2.46. The molecule has 156 valence electrons. The van der Waals surface area contributed by atoms with Crippen molar-refractivity contribution in [3.63, 3.8) is 0 Å². The van der Waals surface area contributed by atoms with Gasteiger partial charge in [-0.2, -0.15) is 0 Å². The molecule has 3 heterocycles. The number of hydrogen-bond donors (Lipinski definition) is 0. The summed E-state index contributed by atoms with van der Waals surface area (Å²) < 4.78 is 0. The van der Waals surface area contributed by atoms with E-state index in [0.29, 0.717) is 0 Å². The molecule has 0 N–H and O–H groups in total. The quantitative estimate of drug-likeness (QED) is 0.409. The Morgan fingerprint density at radius 2 is 1.83 bits per heavy atom. The highest BCUT2D eigenvalue weighted by Crippen LogP contribution is 2.40. The van der Waals surface area contributed by atoms with Gasteiger partial charge in [0, 0.05) is 37.6 Å². The van der Waals surface area contributed by atoms with Crippen LogP contribution in [0.5, 0.6) is 0 Å². The largest absolute Gasteiger partial charge is 0.353 e. The monoisotopic (exact) mass is 436 g/mol. The number of piperazine rings is 1. The van der Waals surface area contributed by atoms with Crippen molar-refractivity contribution in [3.05, 3.63) is 52.4 Å². The summed E-state index contributed by atoms with van der Waals surface area (Å²) in [5.41, 5.74) is 2.81. The third kappa shape index (κ3) is 4.13. The predicted molar refractivity (Wildman–Crippen MR) is 130 cm³/mol. The molecule has 6 heteroatoms. The van der Waals surface area contributed by atoms with Crippen molar-refractivity contribution in [1.29, 1.82) is 0 Å². The lowest BCUT2D eigenvalue weighted by Gasteiger charge is -2.35. The van der Waals surface area contributed by atoms with Gasteiger partial charge in [0.1, 0.15) is 10.6 Å². The Bertz CT molecular complexity index is 1040. The molecule has 4 nitrogen and oxygen atoms in total. The first-order chi connectivity index (χ1) is 14.8. The number of thiophene rings is 1. The van der Waals surface area contributed by atoms with E-state index in [4.69, 9.17) is 9.97 Å². The van der Waals surface area contributed by atoms with Crippen LogP contribution in [-0.2, 0) is 12.8 Å². The van der Waals surface area contributed by atoms with E-state index in [2.05, 4.69) is 58.5 Å². The molecule has 30 heavy (non-hydrogen) atoms. The van der Waals surface area contributed by atoms with Gasteiger partial charge in [-0.25, -0.2) is 9.97 Å². The van der Waals surface area contributed by atoms with E-state index in [9.17, 15) is 0 Å². The molecular formula is C24H28N4S2. The van der Waals surface area contributed by atoms with Crippen LogP contribution in [0.4, 0.5) is 5.82 Å². The van der Waals surface area contributed by atoms with E-state index in [1.165, 1.54) is 52.8 Å². The average molecular weight is 437 g/mol. The van der Waals surface area contributed by atoms with Gasteiger partial charge in [-0.15, -0.1) is 11.3 Å². The fourth-order valence-electron chi connectivity index (χ4n) is 4.48. The minimum absolute atomic E-state index is 0.907. The maximum Gasteiger partial charge on any atom is 0.190 e. The Balaban J connectivity index is 1.32. The molecule has 0 unspecified atom stereocenters. The van der Waals surface area contributed by atoms with E-state index >= 15 is 0 Å². The second-order valence-corrected chi connectivity index (χ2v) is 9.88. The second-order valence-electron chi connectivity index (χ2n) is 8.03. The SMILES string of the molecule is CSc1nc(N2CCN(C/C=C/c3ccccc3)CC2)c2c3c(sc2n1)CCCC3. The topological polar surface area (TPSA) is 32.3 Å². The summed E-state index contributed by atoms with van der Waals surface area (Å²) in [6.45, 7) is 5.22. The van der Waals surface area contributed by atoms with Crippen LogP contribution >= 0.6 is 23.1 Å². The lowest BCUT2D eigenvalue weighted by atomic mass is 9.97. The van der Waals surface area contributed by atoms with Gasteiger partial charge in [-0.1, -0.05) is 54.2 Å². The third-order valence-electron chi connectivity index (χ3n) is 6.10. The van der Waals surface area contributed by atoms with Crippen molar-refractivity contribution >= 4 is 45.2 Å². The zero-order valence-electron chi connectivity index (χ0n) is 17.5. The summed E-state index contributed by atoms with van der Waals surface area (Å²) in [6.07, 6.45) is 11.6. The van der Waals surface area contributed by atoms with E-state index in [-0.39, 0.29) is 0 Å². The van der Waals surface area contributed by atoms with Gasteiger partial charge in [-0.05, 0) is 43.1 Å². The fraction of sp³-hybridized carbons (Fsp3) is 0.417. The van der Waals surface area contributed by atoms with E-state index in [0.717, 1.165) is 37.9 Å². The maximum atomic E-state index is 5.00. The second kappa shape index (κ2) is 9.08. The van der Waals surface area contributed by atoms with E-state index in [1.54, 1.807) is 16.6 Å². The normalized spacial score (nSPS) is 17.7. The highest BCUT2D eigenvalue weighted by atomic mass is 32.2. The molecule has 2 aliphatic rings. The Morgan fingerprint density at radius 3 is 2.63 bits per heavy atom. The smallest absolute Gasteiger partial charge is 0.190 e. The zero-order chi connectivity index (χ0) is 20.3. The zero-order valence-corrected chi connectivity index (χ0v) is 19.1. The number of hydrogen-bond acceptors (Lipinski definition) is 6. The van der Waals surface area contributed by atoms with E-state index < -0.39 is 0 Å². The number of nitrogens with zero attached hydrogens (tertiary/aromatic N) is 4. The van der Waals surface area contributed by atoms with Crippen LogP contribution in [0.15, 0.2) is 41.6 Å². The van der Waals surface area contributed by atoms with Crippen LogP contribution in [0.2, 0.25) is 0 Å². The molecule has 2 aromatic heterocycles. The van der Waals surface area contributed by atoms with Crippen LogP contribution in [0.3, 0.4) is 0 Å². The minimum Gasteiger partial charge on any atom is -0.353 e. The molecule has 0 radical (unpaired) electrons. The Morgan fingerprint density at radius 1 is 1.03 bits per heavy atom. The fourth-order valence-corrected chi connectivity index (χ4v) is 6.16. The highest BCUT2D eigenvalue weighted by Gasteiger charge is 2.25. The van der Waals surface area contributed by atoms with Crippen molar-refractivity contribution in [2.24, 2.45) is 0 Å². The van der Waals surface area contributed by atoms with E-state index in [1.807, 2.05) is 11.3 Å². The Hall–Kier alpha value is -1.89. The predicted octanol–water partition coefficient (Wildman–Crippen LogP) is 5.13. The standard InChI is InChI=1S/C24H28N4S2/c1-29-24-25-22(21-19-11-5-6-12-20(19)30-23(21)26-24)28-16-14-27(15-17-28)13-7-10-18-8-3-2-4-9-18/h2-4,7-10H,5-6,11-17H2,1H3/b10-7+. The van der Waals surface area contributed by atoms with Crippen LogP contribution in [0.1, 0.15) is 28.8 Å². The number of anilines is 1. The number of aromatic nitrogens is 2.